The molecule has 0 radical (unpaired) electrons. The molecular weight excluding hydrogens is 316 g/mol. The number of hydrogen-bond acceptors (Lipinski definition) is 2. The van der Waals surface area contributed by atoms with Crippen LogP contribution in [0.3, 0.4) is 0 Å². The summed E-state index contributed by atoms with van der Waals surface area (Å²) in [5, 5.41) is 6.17. The van der Waals surface area contributed by atoms with Gasteiger partial charge in [-0.1, -0.05) is 15.9 Å². The van der Waals surface area contributed by atoms with E-state index >= 15 is 0 Å². The molecule has 1 atom stereocenters. The number of carbonyl (C=O) groups is 1. The molecule has 1 amide bonds. The van der Waals surface area contributed by atoms with E-state index in [1.807, 2.05) is 26.0 Å². The number of benzene rings is 1. The van der Waals surface area contributed by atoms with Crippen molar-refractivity contribution < 1.29 is 4.79 Å². The molecule has 2 rings (SSSR count). The minimum absolute atomic E-state index is 0. The second-order valence-electron chi connectivity index (χ2n) is 4.56. The monoisotopic (exact) mass is 332 g/mol. The van der Waals surface area contributed by atoms with E-state index in [9.17, 15) is 4.79 Å². The lowest BCUT2D eigenvalue weighted by molar-refractivity contribution is -0.117. The highest BCUT2D eigenvalue weighted by Gasteiger charge is 2.21. The second-order valence-corrected chi connectivity index (χ2v) is 5.36. The Bertz CT molecular complexity index is 422. The van der Waals surface area contributed by atoms with Crippen LogP contribution in [-0.2, 0) is 4.79 Å². The van der Waals surface area contributed by atoms with Gasteiger partial charge in [0.15, 0.2) is 0 Å². The first kappa shape index (κ1) is 15.5. The van der Waals surface area contributed by atoms with Crippen molar-refractivity contribution >= 4 is 39.9 Å². The van der Waals surface area contributed by atoms with E-state index < -0.39 is 0 Å². The third kappa shape index (κ3) is 3.46. The van der Waals surface area contributed by atoms with Crippen molar-refractivity contribution in [1.82, 2.24) is 5.32 Å². The van der Waals surface area contributed by atoms with Gasteiger partial charge < -0.3 is 10.6 Å². The fourth-order valence-electron chi connectivity index (χ4n) is 2.16. The van der Waals surface area contributed by atoms with Crippen molar-refractivity contribution in [3.8, 4) is 0 Å². The van der Waals surface area contributed by atoms with Gasteiger partial charge in [-0.3, -0.25) is 4.79 Å². The van der Waals surface area contributed by atoms with E-state index in [0.717, 1.165) is 40.7 Å². The lowest BCUT2D eigenvalue weighted by Crippen LogP contribution is -2.35. The van der Waals surface area contributed by atoms with Crippen molar-refractivity contribution in [2.24, 2.45) is 0 Å². The maximum absolute atomic E-state index is 11.9. The van der Waals surface area contributed by atoms with Crippen LogP contribution in [0.15, 0.2) is 16.6 Å². The summed E-state index contributed by atoms with van der Waals surface area (Å²) in [6.07, 6.45) is 2.01. The molecule has 0 bridgehead atoms. The van der Waals surface area contributed by atoms with Crippen LogP contribution in [-0.4, -0.2) is 18.5 Å². The predicted molar refractivity (Wildman–Crippen MR) is 80.5 cm³/mol. The van der Waals surface area contributed by atoms with E-state index in [0.29, 0.717) is 0 Å². The quantitative estimate of drug-likeness (QED) is 0.873. The topological polar surface area (TPSA) is 41.1 Å². The average Bonchev–Trinajstić information content (AvgIpc) is 2.79. The summed E-state index contributed by atoms with van der Waals surface area (Å²) in [7, 11) is 0. The molecule has 1 fully saturated rings. The zero-order valence-electron chi connectivity index (χ0n) is 10.5. The van der Waals surface area contributed by atoms with Crippen LogP contribution in [0, 0.1) is 13.8 Å². The molecule has 0 aliphatic carbocycles. The SMILES string of the molecule is Cc1cc(NC(=O)C2CCCN2)cc(C)c1Br.Cl. The summed E-state index contributed by atoms with van der Waals surface area (Å²) in [6.45, 7) is 5.00. The summed E-state index contributed by atoms with van der Waals surface area (Å²) in [4.78, 5) is 11.9. The van der Waals surface area contributed by atoms with Crippen molar-refractivity contribution in [2.45, 2.75) is 32.7 Å². The summed E-state index contributed by atoms with van der Waals surface area (Å²) in [5.41, 5.74) is 3.15. The van der Waals surface area contributed by atoms with Gasteiger partial charge in [-0.25, -0.2) is 0 Å². The van der Waals surface area contributed by atoms with Crippen LogP contribution in [0.25, 0.3) is 0 Å². The highest BCUT2D eigenvalue weighted by Crippen LogP contribution is 2.25. The van der Waals surface area contributed by atoms with Gasteiger partial charge in [0.1, 0.15) is 0 Å². The third-order valence-electron chi connectivity index (χ3n) is 3.08. The van der Waals surface area contributed by atoms with Crippen molar-refractivity contribution in [1.29, 1.82) is 0 Å². The second kappa shape index (κ2) is 6.55. The molecule has 1 unspecified atom stereocenters. The maximum atomic E-state index is 11.9. The van der Waals surface area contributed by atoms with Crippen LogP contribution in [0.5, 0.6) is 0 Å². The molecule has 1 aliphatic heterocycles. The minimum Gasteiger partial charge on any atom is -0.325 e. The van der Waals surface area contributed by atoms with Crippen molar-refractivity contribution in [3.63, 3.8) is 0 Å². The van der Waals surface area contributed by atoms with Gasteiger partial charge in [0, 0.05) is 10.2 Å². The number of carbonyl (C=O) groups excluding carboxylic acids is 1. The van der Waals surface area contributed by atoms with Gasteiger partial charge in [0.2, 0.25) is 5.91 Å². The standard InChI is InChI=1S/C13H17BrN2O.ClH/c1-8-6-10(7-9(2)12(8)14)16-13(17)11-4-3-5-15-11;/h6-7,11,15H,3-5H2,1-2H3,(H,16,17);1H. The van der Waals surface area contributed by atoms with Gasteiger partial charge in [-0.2, -0.15) is 0 Å². The zero-order valence-corrected chi connectivity index (χ0v) is 13.0. The maximum Gasteiger partial charge on any atom is 0.241 e. The highest BCUT2D eigenvalue weighted by molar-refractivity contribution is 9.10. The van der Waals surface area contributed by atoms with Crippen molar-refractivity contribution in [3.05, 3.63) is 27.7 Å². The fraction of sp³-hybridized carbons (Fsp3) is 0.462. The van der Waals surface area contributed by atoms with Crippen LogP contribution in [0.1, 0.15) is 24.0 Å². The largest absolute Gasteiger partial charge is 0.325 e. The molecule has 3 nitrogen and oxygen atoms in total. The predicted octanol–water partition coefficient (Wildman–Crippen LogP) is 3.18. The van der Waals surface area contributed by atoms with E-state index in [4.69, 9.17) is 0 Å². The van der Waals surface area contributed by atoms with Gasteiger partial charge in [-0.05, 0) is 56.5 Å². The molecule has 0 saturated carbocycles. The summed E-state index contributed by atoms with van der Waals surface area (Å²) in [6, 6.07) is 3.95. The van der Waals surface area contributed by atoms with Gasteiger partial charge in [-0.15, -0.1) is 12.4 Å². The Morgan fingerprint density at radius 2 is 2.00 bits per heavy atom. The number of anilines is 1. The first-order valence-electron chi connectivity index (χ1n) is 5.89. The van der Waals surface area contributed by atoms with E-state index in [-0.39, 0.29) is 24.4 Å². The number of hydrogen-bond donors (Lipinski definition) is 2. The number of nitrogens with one attached hydrogen (secondary N) is 2. The molecule has 1 aromatic rings. The minimum atomic E-state index is -0.0285. The molecule has 2 N–H and O–H groups in total. The van der Waals surface area contributed by atoms with Crippen molar-refractivity contribution in [2.75, 3.05) is 11.9 Å². The first-order valence-corrected chi connectivity index (χ1v) is 6.68. The van der Waals surface area contributed by atoms with Crippen LogP contribution in [0.2, 0.25) is 0 Å². The number of rotatable bonds is 2. The fourth-order valence-corrected chi connectivity index (χ4v) is 2.38. The lowest BCUT2D eigenvalue weighted by atomic mass is 10.1. The molecule has 0 spiro atoms. The van der Waals surface area contributed by atoms with Gasteiger partial charge in [0.05, 0.1) is 6.04 Å². The van der Waals surface area contributed by atoms with Gasteiger partial charge in [0.25, 0.3) is 0 Å². The normalized spacial score (nSPS) is 18.3. The molecule has 0 aromatic heterocycles. The Labute approximate surface area is 122 Å². The number of halogens is 2. The zero-order chi connectivity index (χ0) is 12.4. The summed E-state index contributed by atoms with van der Waals surface area (Å²) in [5.74, 6) is 0.0728. The Hall–Kier alpha value is -0.580. The van der Waals surface area contributed by atoms with E-state index in [2.05, 4.69) is 26.6 Å². The number of aryl methyl sites for hydroxylation is 2. The van der Waals surface area contributed by atoms with E-state index in [1.54, 1.807) is 0 Å². The smallest absolute Gasteiger partial charge is 0.241 e. The Kier molecular flexibility index (Phi) is 5.63. The van der Waals surface area contributed by atoms with Crippen LogP contribution < -0.4 is 10.6 Å². The first-order chi connectivity index (χ1) is 8.08. The van der Waals surface area contributed by atoms with Gasteiger partial charge >= 0.3 is 0 Å². The Balaban J connectivity index is 0.00000162. The van der Waals surface area contributed by atoms with Crippen LogP contribution >= 0.6 is 28.3 Å². The molecule has 1 aliphatic rings. The molecule has 18 heavy (non-hydrogen) atoms. The summed E-state index contributed by atoms with van der Waals surface area (Å²) >= 11 is 3.52. The van der Waals surface area contributed by atoms with E-state index in [1.165, 1.54) is 0 Å². The van der Waals surface area contributed by atoms with Crippen LogP contribution in [0.4, 0.5) is 5.69 Å². The third-order valence-corrected chi connectivity index (χ3v) is 4.33. The Morgan fingerprint density at radius 3 is 2.50 bits per heavy atom. The molecular formula is C13H18BrClN2O. The summed E-state index contributed by atoms with van der Waals surface area (Å²) < 4.78 is 1.11. The highest BCUT2D eigenvalue weighted by atomic mass is 79.9. The molecule has 5 heteroatoms. The molecule has 1 heterocycles. The average molecular weight is 334 g/mol. The number of amides is 1. The molecule has 1 saturated heterocycles. The molecule has 1 aromatic carbocycles. The Morgan fingerprint density at radius 1 is 1.39 bits per heavy atom. The molecule has 100 valence electrons. The lowest BCUT2D eigenvalue weighted by Gasteiger charge is -2.13.